The van der Waals surface area contributed by atoms with Crippen LogP contribution in [0.1, 0.15) is 13.3 Å². The fourth-order valence-electron chi connectivity index (χ4n) is 1.75. The molecule has 0 bridgehead atoms. The number of fused-ring (bicyclic) bond motifs is 1. The van der Waals surface area contributed by atoms with E-state index in [4.69, 9.17) is 0 Å². The Bertz CT molecular complexity index is 551. The van der Waals surface area contributed by atoms with Crippen molar-refractivity contribution in [1.82, 2.24) is 4.98 Å². The monoisotopic (exact) mass is 261 g/mol. The number of rotatable bonds is 4. The average molecular weight is 261 g/mol. The number of carbonyl (C=O) groups excluding carboxylic acids is 1. The number of esters is 1. The van der Waals surface area contributed by atoms with Gasteiger partial charge in [0.05, 0.1) is 19.0 Å². The molecule has 2 rings (SSSR count). The van der Waals surface area contributed by atoms with Crippen molar-refractivity contribution in [2.75, 3.05) is 7.11 Å². The van der Waals surface area contributed by atoms with Crippen LogP contribution >= 0.6 is 11.8 Å². The molecular formula is C14H15NO2S. The van der Waals surface area contributed by atoms with Gasteiger partial charge >= 0.3 is 5.97 Å². The summed E-state index contributed by atoms with van der Waals surface area (Å²) in [5.74, 6) is -0.173. The zero-order chi connectivity index (χ0) is 13.0. The molecule has 0 saturated carbocycles. The summed E-state index contributed by atoms with van der Waals surface area (Å²) in [4.78, 5) is 16.7. The predicted octanol–water partition coefficient (Wildman–Crippen LogP) is 3.28. The SMILES string of the molecule is COC(=O)CC(C)Sc1ccnc2ccccc12. The first kappa shape index (κ1) is 12.9. The van der Waals surface area contributed by atoms with Gasteiger partial charge in [-0.1, -0.05) is 25.1 Å². The van der Waals surface area contributed by atoms with Crippen LogP contribution in [0.15, 0.2) is 41.4 Å². The van der Waals surface area contributed by atoms with E-state index in [1.165, 1.54) is 7.11 Å². The molecule has 1 aromatic carbocycles. The highest BCUT2D eigenvalue weighted by Gasteiger charge is 2.12. The number of aromatic nitrogens is 1. The minimum absolute atomic E-state index is 0.173. The molecule has 4 heteroatoms. The number of thioether (sulfide) groups is 1. The molecule has 0 aliphatic rings. The van der Waals surface area contributed by atoms with E-state index in [0.29, 0.717) is 6.42 Å². The Kier molecular flexibility index (Phi) is 4.20. The highest BCUT2D eigenvalue weighted by molar-refractivity contribution is 8.00. The Labute approximate surface area is 111 Å². The van der Waals surface area contributed by atoms with Crippen LogP contribution < -0.4 is 0 Å². The van der Waals surface area contributed by atoms with Gasteiger partial charge in [-0.3, -0.25) is 9.78 Å². The lowest BCUT2D eigenvalue weighted by molar-refractivity contribution is -0.140. The summed E-state index contributed by atoms with van der Waals surface area (Å²) in [6, 6.07) is 10.0. The lowest BCUT2D eigenvalue weighted by Crippen LogP contribution is -2.08. The standard InChI is InChI=1S/C14H15NO2S/c1-10(9-14(16)17-2)18-13-7-8-15-12-6-4-3-5-11(12)13/h3-8,10H,9H2,1-2H3. The minimum atomic E-state index is -0.173. The number of pyridine rings is 1. The fraction of sp³-hybridized carbons (Fsp3) is 0.286. The zero-order valence-electron chi connectivity index (χ0n) is 10.4. The van der Waals surface area contributed by atoms with Crippen molar-refractivity contribution in [3.8, 4) is 0 Å². The third-order valence-electron chi connectivity index (χ3n) is 2.62. The fourth-order valence-corrected chi connectivity index (χ4v) is 2.84. The van der Waals surface area contributed by atoms with Gasteiger partial charge in [0.2, 0.25) is 0 Å². The number of para-hydroxylation sites is 1. The van der Waals surface area contributed by atoms with E-state index in [0.717, 1.165) is 15.8 Å². The van der Waals surface area contributed by atoms with Gasteiger partial charge in [-0.15, -0.1) is 11.8 Å². The molecule has 0 N–H and O–H groups in total. The van der Waals surface area contributed by atoms with E-state index in [2.05, 4.69) is 15.8 Å². The molecule has 0 fully saturated rings. The molecule has 0 aliphatic carbocycles. The maximum Gasteiger partial charge on any atom is 0.306 e. The van der Waals surface area contributed by atoms with Crippen molar-refractivity contribution in [1.29, 1.82) is 0 Å². The van der Waals surface area contributed by atoms with Crippen LogP contribution in [0.2, 0.25) is 0 Å². The van der Waals surface area contributed by atoms with Crippen LogP contribution in [-0.2, 0) is 9.53 Å². The zero-order valence-corrected chi connectivity index (χ0v) is 11.2. The molecular weight excluding hydrogens is 246 g/mol. The third kappa shape index (κ3) is 3.01. The van der Waals surface area contributed by atoms with E-state index in [-0.39, 0.29) is 11.2 Å². The molecule has 0 spiro atoms. The van der Waals surface area contributed by atoms with Crippen LogP contribution in [-0.4, -0.2) is 23.3 Å². The van der Waals surface area contributed by atoms with Gasteiger partial charge in [0.25, 0.3) is 0 Å². The van der Waals surface area contributed by atoms with E-state index in [9.17, 15) is 4.79 Å². The molecule has 0 aliphatic heterocycles. The number of nitrogens with zero attached hydrogens (tertiary/aromatic N) is 1. The van der Waals surface area contributed by atoms with Crippen molar-refractivity contribution in [3.63, 3.8) is 0 Å². The molecule has 1 unspecified atom stereocenters. The Morgan fingerprint density at radius 2 is 2.17 bits per heavy atom. The molecule has 1 aromatic heterocycles. The Morgan fingerprint density at radius 3 is 2.94 bits per heavy atom. The number of hydrogen-bond donors (Lipinski definition) is 0. The lowest BCUT2D eigenvalue weighted by atomic mass is 10.2. The second-order valence-corrected chi connectivity index (χ2v) is 5.52. The maximum absolute atomic E-state index is 11.2. The van der Waals surface area contributed by atoms with Crippen LogP contribution in [0.25, 0.3) is 10.9 Å². The number of benzene rings is 1. The maximum atomic E-state index is 11.2. The van der Waals surface area contributed by atoms with Crippen molar-refractivity contribution >= 4 is 28.6 Å². The molecule has 3 nitrogen and oxygen atoms in total. The summed E-state index contributed by atoms with van der Waals surface area (Å²) in [5.41, 5.74) is 0.979. The second kappa shape index (κ2) is 5.87. The Morgan fingerprint density at radius 1 is 1.39 bits per heavy atom. The molecule has 0 radical (unpaired) electrons. The lowest BCUT2D eigenvalue weighted by Gasteiger charge is -2.11. The number of ether oxygens (including phenoxy) is 1. The van der Waals surface area contributed by atoms with Crippen molar-refractivity contribution in [2.45, 2.75) is 23.5 Å². The average Bonchev–Trinajstić information content (AvgIpc) is 2.39. The van der Waals surface area contributed by atoms with E-state index >= 15 is 0 Å². The summed E-state index contributed by atoms with van der Waals surface area (Å²) in [6.45, 7) is 2.02. The summed E-state index contributed by atoms with van der Waals surface area (Å²) in [7, 11) is 1.42. The van der Waals surface area contributed by atoms with Crippen molar-refractivity contribution < 1.29 is 9.53 Å². The summed E-state index contributed by atoms with van der Waals surface area (Å²) >= 11 is 1.68. The number of methoxy groups -OCH3 is 1. The Balaban J connectivity index is 2.19. The van der Waals surface area contributed by atoms with E-state index in [1.807, 2.05) is 31.2 Å². The molecule has 0 amide bonds. The second-order valence-electron chi connectivity index (χ2n) is 4.03. The molecule has 1 heterocycles. The van der Waals surface area contributed by atoms with Gasteiger partial charge in [-0.05, 0) is 12.1 Å². The van der Waals surface area contributed by atoms with E-state index in [1.54, 1.807) is 18.0 Å². The first-order valence-corrected chi connectivity index (χ1v) is 6.66. The minimum Gasteiger partial charge on any atom is -0.469 e. The Hall–Kier alpha value is -1.55. The molecule has 2 aromatic rings. The van der Waals surface area contributed by atoms with Gasteiger partial charge in [0, 0.05) is 21.7 Å². The van der Waals surface area contributed by atoms with E-state index < -0.39 is 0 Å². The van der Waals surface area contributed by atoms with Crippen LogP contribution in [0, 0.1) is 0 Å². The van der Waals surface area contributed by atoms with Gasteiger partial charge in [-0.25, -0.2) is 0 Å². The van der Waals surface area contributed by atoms with Gasteiger partial charge < -0.3 is 4.74 Å². The van der Waals surface area contributed by atoms with Gasteiger partial charge in [-0.2, -0.15) is 0 Å². The highest BCUT2D eigenvalue weighted by Crippen LogP contribution is 2.30. The summed E-state index contributed by atoms with van der Waals surface area (Å²) in [5, 5.41) is 1.31. The van der Waals surface area contributed by atoms with Crippen LogP contribution in [0.3, 0.4) is 0 Å². The first-order chi connectivity index (χ1) is 8.70. The molecule has 0 saturated heterocycles. The normalized spacial score (nSPS) is 12.3. The number of carbonyl (C=O) groups is 1. The quantitative estimate of drug-likeness (QED) is 0.625. The first-order valence-electron chi connectivity index (χ1n) is 5.78. The summed E-state index contributed by atoms with van der Waals surface area (Å²) in [6.07, 6.45) is 2.22. The van der Waals surface area contributed by atoms with Gasteiger partial charge in [0.1, 0.15) is 0 Å². The van der Waals surface area contributed by atoms with Gasteiger partial charge in [0.15, 0.2) is 0 Å². The molecule has 18 heavy (non-hydrogen) atoms. The smallest absolute Gasteiger partial charge is 0.306 e. The number of hydrogen-bond acceptors (Lipinski definition) is 4. The van der Waals surface area contributed by atoms with Crippen LogP contribution in [0.5, 0.6) is 0 Å². The predicted molar refractivity (Wildman–Crippen MR) is 73.7 cm³/mol. The molecule has 94 valence electrons. The highest BCUT2D eigenvalue weighted by atomic mass is 32.2. The topological polar surface area (TPSA) is 39.2 Å². The van der Waals surface area contributed by atoms with Crippen molar-refractivity contribution in [3.05, 3.63) is 36.5 Å². The van der Waals surface area contributed by atoms with Crippen LogP contribution in [0.4, 0.5) is 0 Å². The molecule has 1 atom stereocenters. The third-order valence-corrected chi connectivity index (χ3v) is 3.80. The van der Waals surface area contributed by atoms with Crippen molar-refractivity contribution in [2.24, 2.45) is 0 Å². The largest absolute Gasteiger partial charge is 0.469 e. The summed E-state index contributed by atoms with van der Waals surface area (Å²) < 4.78 is 4.68.